The fourth-order valence-corrected chi connectivity index (χ4v) is 3.45. The zero-order chi connectivity index (χ0) is 24.5. The van der Waals surface area contributed by atoms with Crippen LogP contribution in [0.4, 0.5) is 4.79 Å². The first kappa shape index (κ1) is 27.4. The third-order valence-electron chi connectivity index (χ3n) is 5.05. The zero-order valence-electron chi connectivity index (χ0n) is 20.4. The second-order valence-corrected chi connectivity index (χ2v) is 9.04. The van der Waals surface area contributed by atoms with E-state index < -0.39 is 36.3 Å². The number of benzene rings is 1. The third kappa shape index (κ3) is 8.15. The summed E-state index contributed by atoms with van der Waals surface area (Å²) in [5, 5.41) is 15.1. The Hall–Kier alpha value is -2.61. The number of hydrogen-bond donors (Lipinski definition) is 3. The van der Waals surface area contributed by atoms with Crippen LogP contribution in [0.2, 0.25) is 0 Å². The molecular weight excluding hydrogens is 410 g/mol. The number of carbonyl (C=O) groups excluding carboxylic acids is 3. The minimum absolute atomic E-state index is 0.302. The second-order valence-electron chi connectivity index (χ2n) is 9.04. The van der Waals surface area contributed by atoms with Gasteiger partial charge in [-0.05, 0) is 57.7 Å². The molecule has 1 aromatic rings. The van der Waals surface area contributed by atoms with E-state index in [-0.39, 0.29) is 5.91 Å². The second kappa shape index (κ2) is 12.4. The standard InChI is InChI=1S/C24H39N3O5/c1-8-9-10-14-25-21(29)20(19-16(2)12-11-13-17(19)3)27(7)22(30)18(15-28)26-23(31)32-24(4,5)6/h11-13,18,20,28H,8-10,14-15H2,1-7H3,(H,25,29)(H,26,31). The van der Waals surface area contributed by atoms with Gasteiger partial charge in [-0.25, -0.2) is 4.79 Å². The molecule has 1 rings (SSSR count). The summed E-state index contributed by atoms with van der Waals surface area (Å²) in [4.78, 5) is 39.8. The number of ether oxygens (including phenoxy) is 1. The van der Waals surface area contributed by atoms with Crippen molar-refractivity contribution in [3.05, 3.63) is 34.9 Å². The maximum Gasteiger partial charge on any atom is 0.408 e. The Morgan fingerprint density at radius 2 is 1.72 bits per heavy atom. The van der Waals surface area contributed by atoms with Gasteiger partial charge in [0.25, 0.3) is 0 Å². The molecule has 0 saturated carbocycles. The Balaban J connectivity index is 3.17. The molecule has 2 unspecified atom stereocenters. The lowest BCUT2D eigenvalue weighted by atomic mass is 9.94. The maximum atomic E-state index is 13.2. The highest BCUT2D eigenvalue weighted by atomic mass is 16.6. The Labute approximate surface area is 191 Å². The van der Waals surface area contributed by atoms with E-state index in [1.165, 1.54) is 11.9 Å². The summed E-state index contributed by atoms with van der Waals surface area (Å²) in [6.07, 6.45) is 2.06. The largest absolute Gasteiger partial charge is 0.444 e. The number of carbonyl (C=O) groups is 3. The molecule has 8 nitrogen and oxygen atoms in total. The quantitative estimate of drug-likeness (QED) is 0.476. The van der Waals surface area contributed by atoms with E-state index in [0.717, 1.165) is 36.0 Å². The van der Waals surface area contributed by atoms with Crippen LogP contribution >= 0.6 is 0 Å². The van der Waals surface area contributed by atoms with Crippen molar-refractivity contribution >= 4 is 17.9 Å². The molecule has 0 aromatic heterocycles. The number of aryl methyl sites for hydroxylation is 2. The zero-order valence-corrected chi connectivity index (χ0v) is 20.4. The summed E-state index contributed by atoms with van der Waals surface area (Å²) in [5.41, 5.74) is 1.72. The molecule has 0 bridgehead atoms. The molecule has 0 aliphatic heterocycles. The molecule has 3 N–H and O–H groups in total. The van der Waals surface area contributed by atoms with Gasteiger partial charge in [0.2, 0.25) is 11.8 Å². The van der Waals surface area contributed by atoms with Crippen LogP contribution < -0.4 is 10.6 Å². The van der Waals surface area contributed by atoms with Gasteiger partial charge in [-0.3, -0.25) is 9.59 Å². The summed E-state index contributed by atoms with van der Waals surface area (Å²) in [5.74, 6) is -0.891. The molecule has 180 valence electrons. The van der Waals surface area contributed by atoms with Crippen molar-refractivity contribution in [2.75, 3.05) is 20.2 Å². The van der Waals surface area contributed by atoms with Gasteiger partial charge in [-0.1, -0.05) is 38.0 Å². The Morgan fingerprint density at radius 3 is 2.22 bits per heavy atom. The van der Waals surface area contributed by atoms with Gasteiger partial charge in [0, 0.05) is 13.6 Å². The highest BCUT2D eigenvalue weighted by molar-refractivity contribution is 5.92. The number of aliphatic hydroxyl groups is 1. The SMILES string of the molecule is CCCCCNC(=O)C(c1c(C)cccc1C)N(C)C(=O)C(CO)NC(=O)OC(C)(C)C. The minimum atomic E-state index is -1.24. The molecule has 0 radical (unpaired) electrons. The average Bonchev–Trinajstić information content (AvgIpc) is 2.69. The lowest BCUT2D eigenvalue weighted by molar-refractivity contribution is -0.141. The number of alkyl carbamates (subject to hydrolysis) is 1. The van der Waals surface area contributed by atoms with Crippen molar-refractivity contribution in [1.82, 2.24) is 15.5 Å². The van der Waals surface area contributed by atoms with Crippen LogP contribution in [-0.2, 0) is 14.3 Å². The van der Waals surface area contributed by atoms with Gasteiger partial charge < -0.3 is 25.4 Å². The monoisotopic (exact) mass is 449 g/mol. The number of rotatable bonds is 10. The number of likely N-dealkylation sites (N-methyl/N-ethyl adjacent to an activating group) is 1. The average molecular weight is 450 g/mol. The lowest BCUT2D eigenvalue weighted by Crippen LogP contribution is -2.53. The van der Waals surface area contributed by atoms with Gasteiger partial charge in [0.15, 0.2) is 0 Å². The third-order valence-corrected chi connectivity index (χ3v) is 5.05. The number of nitrogens with one attached hydrogen (secondary N) is 2. The highest BCUT2D eigenvalue weighted by Crippen LogP contribution is 2.27. The van der Waals surface area contributed by atoms with Crippen LogP contribution in [0.5, 0.6) is 0 Å². The Bertz CT molecular complexity index is 768. The summed E-state index contributed by atoms with van der Waals surface area (Å²) in [7, 11) is 1.50. The predicted octanol–water partition coefficient (Wildman–Crippen LogP) is 2.99. The van der Waals surface area contributed by atoms with E-state index >= 15 is 0 Å². The molecular formula is C24H39N3O5. The highest BCUT2D eigenvalue weighted by Gasteiger charge is 2.35. The summed E-state index contributed by atoms with van der Waals surface area (Å²) in [6.45, 7) is 10.9. The van der Waals surface area contributed by atoms with Crippen LogP contribution in [0.25, 0.3) is 0 Å². The topological polar surface area (TPSA) is 108 Å². The molecule has 0 fully saturated rings. The van der Waals surface area contributed by atoms with E-state index in [1.54, 1.807) is 20.8 Å². The lowest BCUT2D eigenvalue weighted by Gasteiger charge is -2.32. The molecule has 1 aromatic carbocycles. The van der Waals surface area contributed by atoms with Crippen molar-refractivity contribution in [2.24, 2.45) is 0 Å². The van der Waals surface area contributed by atoms with Gasteiger partial charge in [0.1, 0.15) is 17.7 Å². The Kier molecular flexibility index (Phi) is 10.7. The summed E-state index contributed by atoms with van der Waals surface area (Å²) < 4.78 is 5.20. The molecule has 32 heavy (non-hydrogen) atoms. The van der Waals surface area contributed by atoms with E-state index in [2.05, 4.69) is 17.6 Å². The maximum absolute atomic E-state index is 13.2. The molecule has 8 heteroatoms. The molecule has 0 aliphatic carbocycles. The number of aliphatic hydroxyl groups excluding tert-OH is 1. The summed E-state index contributed by atoms with van der Waals surface area (Å²) >= 11 is 0. The van der Waals surface area contributed by atoms with Crippen molar-refractivity contribution in [2.45, 2.75) is 78.5 Å². The fourth-order valence-electron chi connectivity index (χ4n) is 3.45. The van der Waals surface area contributed by atoms with Crippen LogP contribution in [-0.4, -0.2) is 59.8 Å². The van der Waals surface area contributed by atoms with Gasteiger partial charge in [-0.15, -0.1) is 0 Å². The van der Waals surface area contributed by atoms with Gasteiger partial charge >= 0.3 is 6.09 Å². The first-order valence-corrected chi connectivity index (χ1v) is 11.1. The van der Waals surface area contributed by atoms with Crippen molar-refractivity contribution in [1.29, 1.82) is 0 Å². The van der Waals surface area contributed by atoms with Crippen molar-refractivity contribution < 1.29 is 24.2 Å². The number of nitrogens with zero attached hydrogens (tertiary/aromatic N) is 1. The Morgan fingerprint density at radius 1 is 1.12 bits per heavy atom. The molecule has 0 aliphatic rings. The number of unbranched alkanes of at least 4 members (excludes halogenated alkanes) is 2. The van der Waals surface area contributed by atoms with Crippen LogP contribution in [0.15, 0.2) is 18.2 Å². The molecule has 2 atom stereocenters. The smallest absolute Gasteiger partial charge is 0.408 e. The number of hydrogen-bond acceptors (Lipinski definition) is 5. The molecule has 0 saturated heterocycles. The van der Waals surface area contributed by atoms with E-state index in [4.69, 9.17) is 4.74 Å². The van der Waals surface area contributed by atoms with Gasteiger partial charge in [0.05, 0.1) is 6.61 Å². The van der Waals surface area contributed by atoms with E-state index in [1.807, 2.05) is 32.0 Å². The van der Waals surface area contributed by atoms with Crippen molar-refractivity contribution in [3.8, 4) is 0 Å². The predicted molar refractivity (Wildman–Crippen MR) is 124 cm³/mol. The van der Waals surface area contributed by atoms with Crippen molar-refractivity contribution in [3.63, 3.8) is 0 Å². The molecule has 0 heterocycles. The first-order valence-electron chi connectivity index (χ1n) is 11.1. The van der Waals surface area contributed by atoms with Gasteiger partial charge in [-0.2, -0.15) is 0 Å². The number of amides is 3. The molecule has 3 amide bonds. The molecule has 0 spiro atoms. The van der Waals surface area contributed by atoms with E-state index in [9.17, 15) is 19.5 Å². The summed E-state index contributed by atoms with van der Waals surface area (Å²) in [6, 6.07) is 3.53. The minimum Gasteiger partial charge on any atom is -0.444 e. The first-order chi connectivity index (χ1) is 14.9. The van der Waals surface area contributed by atoms with E-state index in [0.29, 0.717) is 6.54 Å². The fraction of sp³-hybridized carbons (Fsp3) is 0.625. The van der Waals surface area contributed by atoms with Crippen LogP contribution in [0.1, 0.15) is 69.7 Å². The van der Waals surface area contributed by atoms with Crippen LogP contribution in [0, 0.1) is 13.8 Å². The normalized spacial score (nSPS) is 13.1. The van der Waals surface area contributed by atoms with Crippen LogP contribution in [0.3, 0.4) is 0 Å².